The van der Waals surface area contributed by atoms with E-state index in [-0.39, 0.29) is 22.9 Å². The molecule has 108 valence electrons. The molecule has 5 nitrogen and oxygen atoms in total. The zero-order valence-corrected chi connectivity index (χ0v) is 12.7. The molecule has 2 rings (SSSR count). The lowest BCUT2D eigenvalue weighted by molar-refractivity contribution is -0.141. The molecule has 2 amide bonds. The number of aliphatic carboxylic acids is 1. The lowest BCUT2D eigenvalue weighted by atomic mass is 10.0. The first-order chi connectivity index (χ1) is 8.69. The summed E-state index contributed by atoms with van der Waals surface area (Å²) in [5.74, 6) is 0.353. The first kappa shape index (κ1) is 14.5. The highest BCUT2D eigenvalue weighted by molar-refractivity contribution is 7.99. The van der Waals surface area contributed by atoms with E-state index in [2.05, 4.69) is 33.0 Å². The van der Waals surface area contributed by atoms with Crippen LogP contribution in [-0.4, -0.2) is 52.1 Å². The van der Waals surface area contributed by atoms with Gasteiger partial charge in [0.05, 0.1) is 0 Å². The van der Waals surface area contributed by atoms with E-state index in [0.29, 0.717) is 12.3 Å². The zero-order valence-electron chi connectivity index (χ0n) is 11.9. The minimum atomic E-state index is -0.920. The largest absolute Gasteiger partial charge is 0.480 e. The van der Waals surface area contributed by atoms with Crippen LogP contribution in [0.1, 0.15) is 27.7 Å². The van der Waals surface area contributed by atoms with Crippen LogP contribution in [0.4, 0.5) is 4.79 Å². The summed E-state index contributed by atoms with van der Waals surface area (Å²) in [6.07, 6.45) is 0. The summed E-state index contributed by atoms with van der Waals surface area (Å²) in [5.41, 5.74) is 0.123. The van der Waals surface area contributed by atoms with E-state index in [0.717, 1.165) is 5.75 Å². The monoisotopic (exact) mass is 286 g/mol. The van der Waals surface area contributed by atoms with E-state index in [1.807, 2.05) is 0 Å². The fourth-order valence-electron chi connectivity index (χ4n) is 2.81. The lowest BCUT2D eigenvalue weighted by Gasteiger charge is -2.32. The standard InChI is InChI=1S/C13H22N2O3S/c1-12(2)10(13(12,3)4)14-11(18)15-5-6-19-7-8(15)9(16)17/h8,10H,5-7H2,1-4H3,(H,14,18)(H,16,17). The second-order valence-electron chi connectivity index (χ2n) is 6.45. The maximum absolute atomic E-state index is 12.3. The van der Waals surface area contributed by atoms with Crippen molar-refractivity contribution in [1.29, 1.82) is 0 Å². The molecule has 0 radical (unpaired) electrons. The van der Waals surface area contributed by atoms with E-state index in [9.17, 15) is 14.7 Å². The molecule has 1 saturated heterocycles. The number of carbonyl (C=O) groups is 2. The third-order valence-corrected chi connectivity index (χ3v) is 5.99. The van der Waals surface area contributed by atoms with Crippen molar-refractivity contribution in [3.05, 3.63) is 0 Å². The van der Waals surface area contributed by atoms with E-state index < -0.39 is 12.0 Å². The van der Waals surface area contributed by atoms with Gasteiger partial charge in [-0.3, -0.25) is 0 Å². The van der Waals surface area contributed by atoms with Crippen molar-refractivity contribution in [2.75, 3.05) is 18.1 Å². The molecular formula is C13H22N2O3S. The van der Waals surface area contributed by atoms with Crippen LogP contribution >= 0.6 is 11.8 Å². The number of hydrogen-bond acceptors (Lipinski definition) is 3. The maximum atomic E-state index is 12.3. The van der Waals surface area contributed by atoms with Gasteiger partial charge in [0.1, 0.15) is 6.04 Å². The number of hydrogen-bond donors (Lipinski definition) is 2. The highest BCUT2D eigenvalue weighted by Crippen LogP contribution is 2.62. The van der Waals surface area contributed by atoms with Crippen LogP contribution in [0.5, 0.6) is 0 Å². The molecule has 2 N–H and O–H groups in total. The molecule has 0 bridgehead atoms. The number of carboxylic acid groups (broad SMARTS) is 1. The van der Waals surface area contributed by atoms with Crippen molar-refractivity contribution < 1.29 is 14.7 Å². The second-order valence-corrected chi connectivity index (χ2v) is 7.60. The molecule has 0 aromatic carbocycles. The van der Waals surface area contributed by atoms with Gasteiger partial charge in [-0.25, -0.2) is 9.59 Å². The molecule has 0 spiro atoms. The third kappa shape index (κ3) is 2.30. The number of thioether (sulfide) groups is 1. The zero-order chi connectivity index (χ0) is 14.4. The average molecular weight is 286 g/mol. The van der Waals surface area contributed by atoms with Crippen LogP contribution in [0.3, 0.4) is 0 Å². The van der Waals surface area contributed by atoms with Crippen molar-refractivity contribution in [3.8, 4) is 0 Å². The van der Waals surface area contributed by atoms with E-state index in [4.69, 9.17) is 0 Å². The Morgan fingerprint density at radius 3 is 2.32 bits per heavy atom. The van der Waals surface area contributed by atoms with Gasteiger partial charge >= 0.3 is 12.0 Å². The van der Waals surface area contributed by atoms with Crippen molar-refractivity contribution in [3.63, 3.8) is 0 Å². The number of carbonyl (C=O) groups excluding carboxylic acids is 1. The van der Waals surface area contributed by atoms with Gasteiger partial charge in [0.25, 0.3) is 0 Å². The Morgan fingerprint density at radius 2 is 1.84 bits per heavy atom. The van der Waals surface area contributed by atoms with E-state index >= 15 is 0 Å². The highest BCUT2D eigenvalue weighted by Gasteiger charge is 2.65. The van der Waals surface area contributed by atoms with Gasteiger partial charge in [-0.15, -0.1) is 0 Å². The first-order valence-corrected chi connectivity index (χ1v) is 7.72. The minimum absolute atomic E-state index is 0.0614. The third-order valence-electron chi connectivity index (χ3n) is 4.96. The van der Waals surface area contributed by atoms with Crippen LogP contribution in [-0.2, 0) is 4.79 Å². The molecule has 1 heterocycles. The van der Waals surface area contributed by atoms with Crippen LogP contribution < -0.4 is 5.32 Å². The van der Waals surface area contributed by atoms with Gasteiger partial charge < -0.3 is 15.3 Å². The first-order valence-electron chi connectivity index (χ1n) is 6.57. The van der Waals surface area contributed by atoms with Crippen molar-refractivity contribution in [1.82, 2.24) is 10.2 Å². The van der Waals surface area contributed by atoms with Gasteiger partial charge in [-0.1, -0.05) is 27.7 Å². The van der Waals surface area contributed by atoms with E-state index in [1.165, 1.54) is 4.90 Å². The molecule has 2 aliphatic rings. The van der Waals surface area contributed by atoms with Crippen molar-refractivity contribution >= 4 is 23.8 Å². The number of rotatable bonds is 2. The molecule has 6 heteroatoms. The van der Waals surface area contributed by atoms with Crippen molar-refractivity contribution in [2.24, 2.45) is 10.8 Å². The van der Waals surface area contributed by atoms with Gasteiger partial charge in [0.15, 0.2) is 0 Å². The Kier molecular flexibility index (Phi) is 3.49. The lowest BCUT2D eigenvalue weighted by Crippen LogP contribution is -2.54. The maximum Gasteiger partial charge on any atom is 0.327 e. The number of nitrogens with zero attached hydrogens (tertiary/aromatic N) is 1. The predicted octanol–water partition coefficient (Wildman–Crippen LogP) is 1.63. The molecule has 0 aromatic heterocycles. The topological polar surface area (TPSA) is 69.6 Å². The van der Waals surface area contributed by atoms with Crippen LogP contribution in [0.2, 0.25) is 0 Å². The Balaban J connectivity index is 2.02. The number of nitrogens with one attached hydrogen (secondary N) is 1. The summed E-state index contributed by atoms with van der Waals surface area (Å²) in [7, 11) is 0. The van der Waals surface area contributed by atoms with Gasteiger partial charge in [0.2, 0.25) is 0 Å². The molecule has 1 aliphatic carbocycles. The molecule has 19 heavy (non-hydrogen) atoms. The molecular weight excluding hydrogens is 264 g/mol. The minimum Gasteiger partial charge on any atom is -0.480 e. The van der Waals surface area contributed by atoms with Gasteiger partial charge in [-0.2, -0.15) is 11.8 Å². The second kappa shape index (κ2) is 4.58. The van der Waals surface area contributed by atoms with Crippen LogP contribution in [0.15, 0.2) is 0 Å². The quantitative estimate of drug-likeness (QED) is 0.809. The average Bonchev–Trinajstić information content (AvgIpc) is 2.71. The number of urea groups is 1. The Bertz CT molecular complexity index is 395. The van der Waals surface area contributed by atoms with Crippen molar-refractivity contribution in [2.45, 2.75) is 39.8 Å². The Labute approximate surface area is 118 Å². The fourth-order valence-corrected chi connectivity index (χ4v) is 3.85. The smallest absolute Gasteiger partial charge is 0.327 e. The summed E-state index contributed by atoms with van der Waals surface area (Å²) in [6, 6.07) is -0.836. The fraction of sp³-hybridized carbons (Fsp3) is 0.846. The summed E-state index contributed by atoms with van der Waals surface area (Å²) >= 11 is 1.58. The molecule has 1 aliphatic heterocycles. The summed E-state index contributed by atoms with van der Waals surface area (Å²) in [5, 5.41) is 12.2. The SMILES string of the molecule is CC1(C)C(NC(=O)N2CCSCC2C(=O)O)C1(C)C. The summed E-state index contributed by atoms with van der Waals surface area (Å²) < 4.78 is 0. The normalized spacial score (nSPS) is 28.8. The van der Waals surface area contributed by atoms with Crippen LogP contribution in [0.25, 0.3) is 0 Å². The van der Waals surface area contributed by atoms with E-state index in [1.54, 1.807) is 11.8 Å². The Morgan fingerprint density at radius 1 is 1.26 bits per heavy atom. The molecule has 1 unspecified atom stereocenters. The van der Waals surface area contributed by atoms with Crippen LogP contribution in [0, 0.1) is 10.8 Å². The predicted molar refractivity (Wildman–Crippen MR) is 75.3 cm³/mol. The number of amides is 2. The molecule has 1 saturated carbocycles. The molecule has 2 fully saturated rings. The Hall–Kier alpha value is -0.910. The highest BCUT2D eigenvalue weighted by atomic mass is 32.2. The van der Waals surface area contributed by atoms with Gasteiger partial charge in [-0.05, 0) is 10.8 Å². The number of carboxylic acids is 1. The molecule has 1 atom stereocenters. The van der Waals surface area contributed by atoms with Gasteiger partial charge in [0, 0.05) is 24.1 Å². The summed E-state index contributed by atoms with van der Waals surface area (Å²) in [4.78, 5) is 24.9. The summed E-state index contributed by atoms with van der Waals surface area (Å²) in [6.45, 7) is 9.00. The molecule has 0 aromatic rings.